The van der Waals surface area contributed by atoms with Gasteiger partial charge in [-0.25, -0.2) is 0 Å². The second kappa shape index (κ2) is 6.53. The number of nitrogens with two attached hydrogens (primary N) is 1. The highest BCUT2D eigenvalue weighted by Crippen LogP contribution is 2.15. The quantitative estimate of drug-likeness (QED) is 0.756. The molecule has 0 unspecified atom stereocenters. The second-order valence-corrected chi connectivity index (χ2v) is 4.03. The molecule has 1 heterocycles. The molecular weight excluding hydrogens is 258 g/mol. The zero-order chi connectivity index (χ0) is 14.4. The van der Waals surface area contributed by atoms with Gasteiger partial charge in [0.05, 0.1) is 0 Å². The Morgan fingerprint density at radius 3 is 2.65 bits per heavy atom. The van der Waals surface area contributed by atoms with E-state index < -0.39 is 11.5 Å². The van der Waals surface area contributed by atoms with Crippen LogP contribution < -0.4 is 21.3 Å². The number of pyridine rings is 1. The summed E-state index contributed by atoms with van der Waals surface area (Å²) >= 11 is 0. The molecule has 2 aromatic rings. The number of rotatable bonds is 5. The first-order chi connectivity index (χ1) is 9.70. The van der Waals surface area contributed by atoms with E-state index in [0.717, 1.165) is 0 Å². The first-order valence-corrected chi connectivity index (χ1v) is 6.12. The Bertz CT molecular complexity index is 635. The fourth-order valence-electron chi connectivity index (χ4n) is 1.61. The van der Waals surface area contributed by atoms with Gasteiger partial charge in [0.1, 0.15) is 17.9 Å². The number of carbonyl (C=O) groups is 1. The maximum absolute atomic E-state index is 11.9. The Morgan fingerprint density at radius 1 is 1.25 bits per heavy atom. The van der Waals surface area contributed by atoms with Crippen LogP contribution in [0.2, 0.25) is 0 Å². The highest BCUT2D eigenvalue weighted by Gasteiger charge is 2.09. The molecule has 0 aliphatic rings. The Balaban J connectivity index is 2.05. The first kappa shape index (κ1) is 13.8. The van der Waals surface area contributed by atoms with Crippen LogP contribution in [0.15, 0.2) is 47.4 Å². The minimum absolute atomic E-state index is 0.0657. The van der Waals surface area contributed by atoms with Crippen molar-refractivity contribution in [1.29, 1.82) is 0 Å². The lowest BCUT2D eigenvalue weighted by atomic mass is 10.2. The number of aromatic nitrogens is 1. The molecule has 6 heteroatoms. The largest absolute Gasteiger partial charge is 0.492 e. The van der Waals surface area contributed by atoms with E-state index >= 15 is 0 Å². The second-order valence-electron chi connectivity index (χ2n) is 4.03. The number of anilines is 1. The number of carbonyl (C=O) groups excluding carboxylic acids is 1. The van der Waals surface area contributed by atoms with Crippen molar-refractivity contribution in [3.8, 4) is 5.75 Å². The Hall–Kier alpha value is -2.60. The zero-order valence-corrected chi connectivity index (χ0v) is 10.8. The number of H-pyrrole nitrogens is 1. The van der Waals surface area contributed by atoms with Crippen LogP contribution in [0.1, 0.15) is 10.4 Å². The Labute approximate surface area is 115 Å². The van der Waals surface area contributed by atoms with Crippen molar-refractivity contribution < 1.29 is 9.53 Å². The van der Waals surface area contributed by atoms with Crippen molar-refractivity contribution >= 4 is 11.6 Å². The van der Waals surface area contributed by atoms with Gasteiger partial charge < -0.3 is 20.8 Å². The number of hydrogen-bond acceptors (Lipinski definition) is 4. The van der Waals surface area contributed by atoms with Gasteiger partial charge in [-0.2, -0.15) is 0 Å². The number of benzene rings is 1. The smallest absolute Gasteiger partial charge is 0.261 e. The molecule has 2 rings (SSSR count). The monoisotopic (exact) mass is 273 g/mol. The van der Waals surface area contributed by atoms with E-state index in [1.807, 2.05) is 0 Å². The van der Waals surface area contributed by atoms with E-state index in [4.69, 9.17) is 10.5 Å². The summed E-state index contributed by atoms with van der Waals surface area (Å²) in [6.45, 7) is 0.875. The molecule has 4 N–H and O–H groups in total. The van der Waals surface area contributed by atoms with E-state index in [0.29, 0.717) is 24.6 Å². The van der Waals surface area contributed by atoms with Crippen molar-refractivity contribution in [1.82, 2.24) is 4.98 Å². The molecule has 104 valence electrons. The van der Waals surface area contributed by atoms with Gasteiger partial charge in [0, 0.05) is 18.4 Å². The van der Waals surface area contributed by atoms with E-state index in [-0.39, 0.29) is 5.56 Å². The summed E-state index contributed by atoms with van der Waals surface area (Å²) in [7, 11) is 0. The number of nitrogens with one attached hydrogen (secondary N) is 2. The molecule has 1 aromatic carbocycles. The van der Waals surface area contributed by atoms with Crippen LogP contribution in [0.4, 0.5) is 5.69 Å². The molecule has 0 spiro atoms. The Morgan fingerprint density at radius 2 is 2.00 bits per heavy atom. The van der Waals surface area contributed by atoms with Crippen LogP contribution in [0.5, 0.6) is 5.75 Å². The van der Waals surface area contributed by atoms with Crippen LogP contribution >= 0.6 is 0 Å². The van der Waals surface area contributed by atoms with E-state index in [2.05, 4.69) is 10.3 Å². The zero-order valence-electron chi connectivity index (χ0n) is 10.8. The molecule has 0 aliphatic carbocycles. The molecule has 0 atom stereocenters. The first-order valence-electron chi connectivity index (χ1n) is 6.12. The van der Waals surface area contributed by atoms with Crippen molar-refractivity contribution in [2.75, 3.05) is 18.5 Å². The summed E-state index contributed by atoms with van der Waals surface area (Å²) in [5.41, 5.74) is 5.56. The minimum Gasteiger partial charge on any atom is -0.492 e. The fraction of sp³-hybridized carbons (Fsp3) is 0.143. The topological polar surface area (TPSA) is 97.2 Å². The molecule has 1 aromatic heterocycles. The summed E-state index contributed by atoms with van der Waals surface area (Å²) in [5.74, 6) is 0.216. The third kappa shape index (κ3) is 3.46. The van der Waals surface area contributed by atoms with E-state index in [1.54, 1.807) is 30.3 Å². The Kier molecular flexibility index (Phi) is 4.52. The molecular formula is C14H15N3O3. The molecule has 0 saturated heterocycles. The average Bonchev–Trinajstić information content (AvgIpc) is 2.47. The van der Waals surface area contributed by atoms with Crippen LogP contribution in [-0.4, -0.2) is 24.0 Å². The molecule has 0 fully saturated rings. The van der Waals surface area contributed by atoms with Crippen molar-refractivity contribution in [3.63, 3.8) is 0 Å². The maximum Gasteiger partial charge on any atom is 0.261 e. The fourth-order valence-corrected chi connectivity index (χ4v) is 1.61. The molecule has 0 radical (unpaired) electrons. The lowest BCUT2D eigenvalue weighted by molar-refractivity contribution is 0.102. The SMILES string of the molecule is NCCOc1ccc(NC(=O)c2ccc[nH]c2=O)cc1. The van der Waals surface area contributed by atoms with E-state index in [1.165, 1.54) is 12.3 Å². The number of amides is 1. The lowest BCUT2D eigenvalue weighted by Gasteiger charge is -2.07. The van der Waals surface area contributed by atoms with Gasteiger partial charge in [-0.1, -0.05) is 0 Å². The van der Waals surface area contributed by atoms with Gasteiger partial charge in [0.25, 0.3) is 11.5 Å². The van der Waals surface area contributed by atoms with Crippen LogP contribution in [0.3, 0.4) is 0 Å². The number of aromatic amines is 1. The molecule has 1 amide bonds. The van der Waals surface area contributed by atoms with Gasteiger partial charge in [-0.15, -0.1) is 0 Å². The summed E-state index contributed by atoms with van der Waals surface area (Å²) < 4.78 is 5.33. The predicted molar refractivity (Wildman–Crippen MR) is 76.0 cm³/mol. The molecule has 0 aliphatic heterocycles. The predicted octanol–water partition coefficient (Wildman–Crippen LogP) is 0.965. The lowest BCUT2D eigenvalue weighted by Crippen LogP contribution is -2.22. The standard InChI is InChI=1S/C14H15N3O3/c15-7-9-20-11-5-3-10(4-6-11)17-14(19)12-2-1-8-16-13(12)18/h1-6,8H,7,9,15H2,(H,16,18)(H,17,19). The minimum atomic E-state index is -0.456. The van der Waals surface area contributed by atoms with Crippen LogP contribution in [-0.2, 0) is 0 Å². The highest BCUT2D eigenvalue weighted by molar-refractivity contribution is 6.03. The van der Waals surface area contributed by atoms with Crippen molar-refractivity contribution in [2.24, 2.45) is 5.73 Å². The average molecular weight is 273 g/mol. The van der Waals surface area contributed by atoms with Crippen molar-refractivity contribution in [2.45, 2.75) is 0 Å². The molecule has 20 heavy (non-hydrogen) atoms. The molecule has 6 nitrogen and oxygen atoms in total. The summed E-state index contributed by atoms with van der Waals surface area (Å²) in [5, 5.41) is 2.64. The molecule has 0 bridgehead atoms. The number of hydrogen-bond donors (Lipinski definition) is 3. The summed E-state index contributed by atoms with van der Waals surface area (Å²) in [4.78, 5) is 25.8. The third-order valence-electron chi connectivity index (χ3n) is 2.56. The normalized spacial score (nSPS) is 10.1. The van der Waals surface area contributed by atoms with Gasteiger partial charge in [-0.3, -0.25) is 9.59 Å². The van der Waals surface area contributed by atoms with Crippen LogP contribution in [0.25, 0.3) is 0 Å². The summed E-state index contributed by atoms with van der Waals surface area (Å²) in [6, 6.07) is 9.90. The van der Waals surface area contributed by atoms with Gasteiger partial charge >= 0.3 is 0 Å². The molecule has 0 saturated carbocycles. The van der Waals surface area contributed by atoms with Gasteiger partial charge in [0.15, 0.2) is 0 Å². The van der Waals surface area contributed by atoms with Crippen LogP contribution in [0, 0.1) is 0 Å². The number of ether oxygens (including phenoxy) is 1. The van der Waals surface area contributed by atoms with Gasteiger partial charge in [-0.05, 0) is 36.4 Å². The van der Waals surface area contributed by atoms with E-state index in [9.17, 15) is 9.59 Å². The van der Waals surface area contributed by atoms with Crippen molar-refractivity contribution in [3.05, 3.63) is 58.5 Å². The highest BCUT2D eigenvalue weighted by atomic mass is 16.5. The third-order valence-corrected chi connectivity index (χ3v) is 2.56. The summed E-state index contributed by atoms with van der Waals surface area (Å²) in [6.07, 6.45) is 1.47. The maximum atomic E-state index is 11.9. The van der Waals surface area contributed by atoms with Gasteiger partial charge in [0.2, 0.25) is 0 Å².